The van der Waals surface area contributed by atoms with Crippen molar-refractivity contribution in [1.29, 1.82) is 0 Å². The summed E-state index contributed by atoms with van der Waals surface area (Å²) in [6.45, 7) is 0. The van der Waals surface area contributed by atoms with E-state index in [9.17, 15) is 18.0 Å². The van der Waals surface area contributed by atoms with Crippen LogP contribution in [0.2, 0.25) is 0 Å². The maximum absolute atomic E-state index is 12.5. The molecule has 25 heavy (non-hydrogen) atoms. The standard InChI is InChI=1S/C20H17F3O2/c21-20(22,23)16-10-8-14(9-11-16)4-1-2-6-17-12-18-15(13-24)5-3-7-19(18)25-17/h3,5,7-13H,1-2,4,6H2. The zero-order chi connectivity index (χ0) is 17.9. The minimum Gasteiger partial charge on any atom is -0.461 e. The highest BCUT2D eigenvalue weighted by atomic mass is 19.4. The van der Waals surface area contributed by atoms with Gasteiger partial charge in [-0.05, 0) is 49.1 Å². The number of aldehydes is 1. The molecule has 0 radical (unpaired) electrons. The van der Waals surface area contributed by atoms with Crippen molar-refractivity contribution in [3.05, 3.63) is 71.0 Å². The number of furan rings is 1. The number of halogens is 3. The summed E-state index contributed by atoms with van der Waals surface area (Å²) < 4.78 is 43.3. The Hall–Kier alpha value is -2.56. The van der Waals surface area contributed by atoms with Crippen molar-refractivity contribution < 1.29 is 22.4 Å². The van der Waals surface area contributed by atoms with Crippen LogP contribution in [-0.4, -0.2) is 6.29 Å². The molecule has 2 nitrogen and oxygen atoms in total. The first-order valence-corrected chi connectivity index (χ1v) is 8.10. The Balaban J connectivity index is 1.54. The molecular weight excluding hydrogens is 329 g/mol. The Kier molecular flexibility index (Phi) is 4.93. The predicted octanol–water partition coefficient (Wildman–Crippen LogP) is 5.83. The van der Waals surface area contributed by atoms with Crippen molar-refractivity contribution in [2.45, 2.75) is 31.9 Å². The van der Waals surface area contributed by atoms with Gasteiger partial charge in [-0.25, -0.2) is 0 Å². The SMILES string of the molecule is O=Cc1cccc2oc(CCCCc3ccc(C(F)(F)F)cc3)cc12. The number of alkyl halides is 3. The third-order valence-electron chi connectivity index (χ3n) is 4.19. The van der Waals surface area contributed by atoms with Crippen LogP contribution in [0.3, 0.4) is 0 Å². The average molecular weight is 346 g/mol. The summed E-state index contributed by atoms with van der Waals surface area (Å²) in [6, 6.07) is 12.5. The van der Waals surface area contributed by atoms with Crippen LogP contribution < -0.4 is 0 Å². The number of carbonyl (C=O) groups excluding carboxylic acids is 1. The van der Waals surface area contributed by atoms with E-state index < -0.39 is 11.7 Å². The van der Waals surface area contributed by atoms with Crippen molar-refractivity contribution in [2.24, 2.45) is 0 Å². The van der Waals surface area contributed by atoms with E-state index >= 15 is 0 Å². The maximum Gasteiger partial charge on any atom is 0.416 e. The van der Waals surface area contributed by atoms with Gasteiger partial charge in [0, 0.05) is 17.4 Å². The zero-order valence-electron chi connectivity index (χ0n) is 13.5. The molecule has 0 aliphatic heterocycles. The second-order valence-corrected chi connectivity index (χ2v) is 5.99. The molecule has 0 fully saturated rings. The molecule has 0 aliphatic carbocycles. The first kappa shape index (κ1) is 17.3. The van der Waals surface area contributed by atoms with Gasteiger partial charge in [0.15, 0.2) is 6.29 Å². The fraction of sp³-hybridized carbons (Fsp3) is 0.250. The Morgan fingerprint density at radius 3 is 2.36 bits per heavy atom. The highest BCUT2D eigenvalue weighted by Gasteiger charge is 2.29. The highest BCUT2D eigenvalue weighted by Crippen LogP contribution is 2.29. The molecule has 0 amide bonds. The Labute approximate surface area is 143 Å². The summed E-state index contributed by atoms with van der Waals surface area (Å²) in [7, 11) is 0. The normalized spacial score (nSPS) is 11.8. The molecule has 0 unspecified atom stereocenters. The first-order valence-electron chi connectivity index (χ1n) is 8.10. The van der Waals surface area contributed by atoms with Crippen LogP contribution in [0.25, 0.3) is 11.0 Å². The van der Waals surface area contributed by atoms with Gasteiger partial charge in [0.05, 0.1) is 5.56 Å². The van der Waals surface area contributed by atoms with E-state index in [1.54, 1.807) is 12.1 Å². The average Bonchev–Trinajstić information content (AvgIpc) is 3.01. The second kappa shape index (κ2) is 7.13. The Morgan fingerprint density at radius 1 is 0.960 bits per heavy atom. The molecule has 2 aromatic carbocycles. The molecule has 0 saturated heterocycles. The molecule has 3 rings (SSSR count). The van der Waals surface area contributed by atoms with Crippen molar-refractivity contribution in [3.8, 4) is 0 Å². The number of hydrogen-bond donors (Lipinski definition) is 0. The van der Waals surface area contributed by atoms with Gasteiger partial charge in [-0.3, -0.25) is 4.79 Å². The number of hydrogen-bond acceptors (Lipinski definition) is 2. The molecule has 0 atom stereocenters. The molecule has 0 bridgehead atoms. The van der Waals surface area contributed by atoms with Gasteiger partial charge in [0.25, 0.3) is 0 Å². The number of aryl methyl sites for hydroxylation is 2. The number of fused-ring (bicyclic) bond motifs is 1. The van der Waals surface area contributed by atoms with Crippen LogP contribution in [0.5, 0.6) is 0 Å². The van der Waals surface area contributed by atoms with E-state index in [2.05, 4.69) is 0 Å². The minimum atomic E-state index is -4.29. The number of benzene rings is 2. The summed E-state index contributed by atoms with van der Waals surface area (Å²) in [5.74, 6) is 0.816. The van der Waals surface area contributed by atoms with Gasteiger partial charge in [0.2, 0.25) is 0 Å². The summed E-state index contributed by atoms with van der Waals surface area (Å²) >= 11 is 0. The molecule has 5 heteroatoms. The van der Waals surface area contributed by atoms with E-state index in [4.69, 9.17) is 4.42 Å². The van der Waals surface area contributed by atoms with Crippen molar-refractivity contribution in [1.82, 2.24) is 0 Å². The molecule has 0 spiro atoms. The fourth-order valence-electron chi connectivity index (χ4n) is 2.85. The lowest BCUT2D eigenvalue weighted by atomic mass is 10.0. The van der Waals surface area contributed by atoms with Crippen LogP contribution in [0, 0.1) is 0 Å². The third-order valence-corrected chi connectivity index (χ3v) is 4.19. The number of carbonyl (C=O) groups is 1. The van der Waals surface area contributed by atoms with Crippen LogP contribution in [0.1, 0.15) is 40.1 Å². The number of rotatable bonds is 6. The van der Waals surface area contributed by atoms with Gasteiger partial charge in [-0.1, -0.05) is 24.3 Å². The molecule has 1 aromatic heterocycles. The largest absolute Gasteiger partial charge is 0.461 e. The first-order chi connectivity index (χ1) is 12.0. The van der Waals surface area contributed by atoms with Crippen molar-refractivity contribution in [2.75, 3.05) is 0 Å². The lowest BCUT2D eigenvalue weighted by molar-refractivity contribution is -0.137. The van der Waals surface area contributed by atoms with E-state index in [1.165, 1.54) is 12.1 Å². The van der Waals surface area contributed by atoms with E-state index in [0.29, 0.717) is 11.1 Å². The minimum absolute atomic E-state index is 0.609. The summed E-state index contributed by atoms with van der Waals surface area (Å²) in [6.07, 6.45) is -0.321. The molecule has 0 N–H and O–H groups in total. The second-order valence-electron chi connectivity index (χ2n) is 5.99. The Bertz CT molecular complexity index is 861. The van der Waals surface area contributed by atoms with Gasteiger partial charge in [-0.2, -0.15) is 13.2 Å². The topological polar surface area (TPSA) is 30.2 Å². The molecule has 3 aromatic rings. The monoisotopic (exact) mass is 346 g/mol. The summed E-state index contributed by atoms with van der Waals surface area (Å²) in [5, 5.41) is 0.815. The van der Waals surface area contributed by atoms with E-state index in [1.807, 2.05) is 12.1 Å². The number of unbranched alkanes of at least 4 members (excludes halogenated alkanes) is 1. The Morgan fingerprint density at radius 2 is 1.68 bits per heavy atom. The third kappa shape index (κ3) is 4.10. The van der Waals surface area contributed by atoms with Gasteiger partial charge in [-0.15, -0.1) is 0 Å². The molecular formula is C20H17F3O2. The van der Waals surface area contributed by atoms with Gasteiger partial charge >= 0.3 is 6.18 Å². The fourth-order valence-corrected chi connectivity index (χ4v) is 2.85. The smallest absolute Gasteiger partial charge is 0.416 e. The van der Waals surface area contributed by atoms with Crippen LogP contribution in [0.4, 0.5) is 13.2 Å². The predicted molar refractivity (Wildman–Crippen MR) is 89.7 cm³/mol. The van der Waals surface area contributed by atoms with Crippen LogP contribution in [0.15, 0.2) is 52.9 Å². The summed E-state index contributed by atoms with van der Waals surface area (Å²) in [5.41, 5.74) is 1.57. The lowest BCUT2D eigenvalue weighted by Gasteiger charge is -2.07. The molecule has 0 saturated carbocycles. The van der Waals surface area contributed by atoms with E-state index in [-0.39, 0.29) is 0 Å². The van der Waals surface area contributed by atoms with E-state index in [0.717, 1.165) is 60.8 Å². The van der Waals surface area contributed by atoms with Crippen molar-refractivity contribution in [3.63, 3.8) is 0 Å². The van der Waals surface area contributed by atoms with Crippen LogP contribution >= 0.6 is 0 Å². The summed E-state index contributed by atoms with van der Waals surface area (Å²) in [4.78, 5) is 11.0. The van der Waals surface area contributed by atoms with Crippen molar-refractivity contribution >= 4 is 17.3 Å². The van der Waals surface area contributed by atoms with Gasteiger partial charge in [0.1, 0.15) is 11.3 Å². The molecule has 130 valence electrons. The maximum atomic E-state index is 12.5. The highest BCUT2D eigenvalue weighted by molar-refractivity contribution is 5.96. The quantitative estimate of drug-likeness (QED) is 0.415. The zero-order valence-corrected chi connectivity index (χ0v) is 13.5. The molecule has 0 aliphatic rings. The lowest BCUT2D eigenvalue weighted by Crippen LogP contribution is -2.04. The van der Waals surface area contributed by atoms with Crippen LogP contribution in [-0.2, 0) is 19.0 Å². The molecule has 1 heterocycles. The van der Waals surface area contributed by atoms with Gasteiger partial charge < -0.3 is 4.42 Å².